The van der Waals surface area contributed by atoms with Crippen molar-refractivity contribution in [3.05, 3.63) is 65.9 Å². The smallest absolute Gasteiger partial charge is 0.245 e. The second kappa shape index (κ2) is 10.0. The lowest BCUT2D eigenvalue weighted by atomic mass is 9.94. The molecule has 2 aromatic carbocycles. The van der Waals surface area contributed by atoms with Crippen LogP contribution < -0.4 is 5.32 Å². The van der Waals surface area contributed by atoms with Crippen molar-refractivity contribution < 1.29 is 9.59 Å². The molecule has 1 N–H and O–H groups in total. The number of hydrogen-bond acceptors (Lipinski definition) is 3. The minimum Gasteiger partial charge on any atom is -0.333 e. The lowest BCUT2D eigenvalue weighted by Gasteiger charge is -2.28. The van der Waals surface area contributed by atoms with Gasteiger partial charge in [0.05, 0.1) is 17.9 Å². The van der Waals surface area contributed by atoms with Gasteiger partial charge in [0.25, 0.3) is 0 Å². The van der Waals surface area contributed by atoms with E-state index in [0.29, 0.717) is 12.4 Å². The van der Waals surface area contributed by atoms with Crippen molar-refractivity contribution in [2.75, 3.05) is 18.4 Å². The highest BCUT2D eigenvalue weighted by atomic mass is 16.2. The summed E-state index contributed by atoms with van der Waals surface area (Å²) in [6.07, 6.45) is 0.782. The number of rotatable bonds is 7. The van der Waals surface area contributed by atoms with E-state index < -0.39 is 5.41 Å². The Labute approximate surface area is 196 Å². The summed E-state index contributed by atoms with van der Waals surface area (Å²) in [5.41, 5.74) is 4.05. The first-order valence-corrected chi connectivity index (χ1v) is 11.4. The Bertz CT molecular complexity index is 1130. The molecular formula is C27H34N4O2. The molecule has 0 fully saturated rings. The fraction of sp³-hybridized carbons (Fsp3) is 0.370. The predicted octanol–water partition coefficient (Wildman–Crippen LogP) is 5.38. The van der Waals surface area contributed by atoms with Crippen molar-refractivity contribution in [2.45, 2.75) is 48.0 Å². The number of para-hydroxylation sites is 1. The number of carbonyl (C=O) groups excluding carboxylic acids is 2. The molecule has 0 aliphatic heterocycles. The van der Waals surface area contributed by atoms with E-state index in [-0.39, 0.29) is 18.4 Å². The number of nitrogens with one attached hydrogen (secondary N) is 1. The van der Waals surface area contributed by atoms with Crippen LogP contribution in [0.15, 0.2) is 54.6 Å². The van der Waals surface area contributed by atoms with Gasteiger partial charge in [-0.05, 0) is 37.5 Å². The molecule has 0 unspecified atom stereocenters. The molecule has 0 saturated carbocycles. The van der Waals surface area contributed by atoms with Crippen LogP contribution in [0.2, 0.25) is 0 Å². The first-order valence-electron chi connectivity index (χ1n) is 11.4. The van der Waals surface area contributed by atoms with Gasteiger partial charge in [-0.25, -0.2) is 4.68 Å². The molecule has 0 saturated heterocycles. The normalized spacial score (nSPS) is 11.3. The third-order valence-corrected chi connectivity index (χ3v) is 5.48. The summed E-state index contributed by atoms with van der Waals surface area (Å²) in [5, 5.41) is 7.87. The molecule has 6 nitrogen and oxygen atoms in total. The van der Waals surface area contributed by atoms with Crippen molar-refractivity contribution in [3.63, 3.8) is 0 Å². The quantitative estimate of drug-likeness (QED) is 0.530. The zero-order chi connectivity index (χ0) is 24.2. The molecule has 0 aliphatic carbocycles. The standard InChI is InChI=1S/C27H34N4O2/c1-7-17-30(26(33)27(4,5)6)18-23(32)28-25-24(21-14-9-8-10-15-21)20(3)29-31(25)22-16-12-11-13-19(22)2/h8-16H,7,17-18H2,1-6H3,(H,28,32). The van der Waals surface area contributed by atoms with Crippen LogP contribution >= 0.6 is 0 Å². The summed E-state index contributed by atoms with van der Waals surface area (Å²) < 4.78 is 1.79. The molecule has 1 heterocycles. The molecule has 0 spiro atoms. The molecule has 3 rings (SSSR count). The highest BCUT2D eigenvalue weighted by Crippen LogP contribution is 2.34. The van der Waals surface area contributed by atoms with Crippen molar-refractivity contribution in [1.29, 1.82) is 0 Å². The molecule has 33 heavy (non-hydrogen) atoms. The minimum absolute atomic E-state index is 0.00380. The Morgan fingerprint density at radius 1 is 1.00 bits per heavy atom. The topological polar surface area (TPSA) is 67.2 Å². The van der Waals surface area contributed by atoms with Crippen LogP contribution in [0, 0.1) is 19.3 Å². The summed E-state index contributed by atoms with van der Waals surface area (Å²) in [5.74, 6) is 0.331. The number of aryl methyl sites for hydroxylation is 2. The van der Waals surface area contributed by atoms with E-state index in [1.54, 1.807) is 9.58 Å². The second-order valence-electron chi connectivity index (χ2n) is 9.40. The number of carbonyl (C=O) groups is 2. The molecule has 3 aromatic rings. The fourth-order valence-corrected chi connectivity index (χ4v) is 3.91. The van der Waals surface area contributed by atoms with Gasteiger partial charge in [0, 0.05) is 17.5 Å². The van der Waals surface area contributed by atoms with Gasteiger partial charge >= 0.3 is 0 Å². The van der Waals surface area contributed by atoms with E-state index >= 15 is 0 Å². The Kier molecular flexibility index (Phi) is 7.36. The average molecular weight is 447 g/mol. The van der Waals surface area contributed by atoms with Gasteiger partial charge < -0.3 is 10.2 Å². The zero-order valence-electron chi connectivity index (χ0n) is 20.5. The number of nitrogens with zero attached hydrogens (tertiary/aromatic N) is 3. The van der Waals surface area contributed by atoms with Gasteiger partial charge in [-0.3, -0.25) is 9.59 Å². The van der Waals surface area contributed by atoms with E-state index in [0.717, 1.165) is 34.5 Å². The van der Waals surface area contributed by atoms with Gasteiger partial charge in [0.15, 0.2) is 0 Å². The van der Waals surface area contributed by atoms with E-state index in [1.807, 2.05) is 96.1 Å². The summed E-state index contributed by atoms with van der Waals surface area (Å²) in [6.45, 7) is 12.1. The second-order valence-corrected chi connectivity index (χ2v) is 9.40. The summed E-state index contributed by atoms with van der Waals surface area (Å²) in [6, 6.07) is 17.9. The first kappa shape index (κ1) is 24.2. The van der Waals surface area contributed by atoms with Gasteiger partial charge in [0.2, 0.25) is 11.8 Å². The lowest BCUT2D eigenvalue weighted by Crippen LogP contribution is -2.44. The van der Waals surface area contributed by atoms with Crippen LogP contribution in [0.1, 0.15) is 45.4 Å². The molecule has 0 bridgehead atoms. The Balaban J connectivity index is 2.03. The molecule has 2 amide bonds. The third-order valence-electron chi connectivity index (χ3n) is 5.48. The Hall–Kier alpha value is -3.41. The Morgan fingerprint density at radius 3 is 2.24 bits per heavy atom. The lowest BCUT2D eigenvalue weighted by molar-refractivity contribution is -0.141. The summed E-state index contributed by atoms with van der Waals surface area (Å²) in [4.78, 5) is 27.8. The molecule has 0 radical (unpaired) electrons. The first-order chi connectivity index (χ1) is 15.6. The van der Waals surface area contributed by atoms with Crippen LogP contribution in [0.3, 0.4) is 0 Å². The largest absolute Gasteiger partial charge is 0.333 e. The number of hydrogen-bond donors (Lipinski definition) is 1. The van der Waals surface area contributed by atoms with Gasteiger partial charge in [-0.15, -0.1) is 0 Å². The van der Waals surface area contributed by atoms with Crippen LogP contribution in [-0.2, 0) is 9.59 Å². The van der Waals surface area contributed by atoms with Crippen molar-refractivity contribution >= 4 is 17.6 Å². The monoisotopic (exact) mass is 446 g/mol. The number of aromatic nitrogens is 2. The number of anilines is 1. The van der Waals surface area contributed by atoms with E-state index in [9.17, 15) is 9.59 Å². The van der Waals surface area contributed by atoms with E-state index in [2.05, 4.69) is 5.32 Å². The van der Waals surface area contributed by atoms with Gasteiger partial charge in [0.1, 0.15) is 5.82 Å². The summed E-state index contributed by atoms with van der Waals surface area (Å²) in [7, 11) is 0. The average Bonchev–Trinajstić information content (AvgIpc) is 3.08. The third kappa shape index (κ3) is 5.51. The minimum atomic E-state index is -0.551. The van der Waals surface area contributed by atoms with Crippen molar-refractivity contribution in [2.24, 2.45) is 5.41 Å². The fourth-order valence-electron chi connectivity index (χ4n) is 3.91. The molecule has 0 aliphatic rings. The predicted molar refractivity (Wildman–Crippen MR) is 133 cm³/mol. The van der Waals surface area contributed by atoms with Crippen molar-refractivity contribution in [3.8, 4) is 16.8 Å². The maximum atomic E-state index is 13.2. The van der Waals surface area contributed by atoms with Crippen LogP contribution in [0.5, 0.6) is 0 Å². The highest BCUT2D eigenvalue weighted by molar-refractivity contribution is 5.98. The SMILES string of the molecule is CCCN(CC(=O)Nc1c(-c2ccccc2)c(C)nn1-c1ccccc1C)C(=O)C(C)(C)C. The van der Waals surface area contributed by atoms with Gasteiger partial charge in [-0.2, -0.15) is 5.10 Å². The van der Waals surface area contributed by atoms with Crippen LogP contribution in [-0.4, -0.2) is 39.6 Å². The highest BCUT2D eigenvalue weighted by Gasteiger charge is 2.29. The van der Waals surface area contributed by atoms with Crippen LogP contribution in [0.4, 0.5) is 5.82 Å². The van der Waals surface area contributed by atoms with Crippen LogP contribution in [0.25, 0.3) is 16.8 Å². The molecule has 0 atom stereocenters. The number of benzene rings is 2. The zero-order valence-corrected chi connectivity index (χ0v) is 20.5. The molecule has 1 aromatic heterocycles. The van der Waals surface area contributed by atoms with Crippen molar-refractivity contribution in [1.82, 2.24) is 14.7 Å². The number of amides is 2. The molecule has 6 heteroatoms. The summed E-state index contributed by atoms with van der Waals surface area (Å²) >= 11 is 0. The van der Waals surface area contributed by atoms with E-state index in [4.69, 9.17) is 5.10 Å². The van der Waals surface area contributed by atoms with E-state index in [1.165, 1.54) is 0 Å². The van der Waals surface area contributed by atoms with Gasteiger partial charge in [-0.1, -0.05) is 76.2 Å². The maximum absolute atomic E-state index is 13.2. The Morgan fingerprint density at radius 2 is 1.64 bits per heavy atom. The molecule has 174 valence electrons. The maximum Gasteiger partial charge on any atom is 0.245 e. The molecular weight excluding hydrogens is 412 g/mol.